The van der Waals surface area contributed by atoms with Crippen LogP contribution in [0, 0.1) is 20.8 Å². The Balaban J connectivity index is -0.0000000973. The van der Waals surface area contributed by atoms with Crippen LogP contribution in [0.5, 0.6) is 0 Å². The zero-order valence-corrected chi connectivity index (χ0v) is 17.2. The van der Waals surface area contributed by atoms with E-state index in [2.05, 4.69) is 57.7 Å². The van der Waals surface area contributed by atoms with Gasteiger partial charge in [0.25, 0.3) is 0 Å². The predicted molar refractivity (Wildman–Crippen MR) is 95.8 cm³/mol. The van der Waals surface area contributed by atoms with Gasteiger partial charge in [0.1, 0.15) is 0 Å². The second kappa shape index (κ2) is 31.8. The average Bonchev–Trinajstić information content (AvgIpc) is 2.56. The Morgan fingerprint density at radius 2 is 1.38 bits per heavy atom. The number of methoxy groups -OCH3 is 1. The third kappa shape index (κ3) is 38.2. The van der Waals surface area contributed by atoms with E-state index in [4.69, 9.17) is 4.74 Å². The molecule has 1 heterocycles. The Morgan fingerprint density at radius 3 is 1.52 bits per heavy atom. The minimum Gasteiger partial charge on any atom is -0.480 e. The molecule has 0 saturated heterocycles. The van der Waals surface area contributed by atoms with Crippen LogP contribution in [0.4, 0.5) is 0 Å². The molecule has 0 aromatic carbocycles. The largest absolute Gasteiger partial charge is 0.480 e. The first-order chi connectivity index (χ1) is 9.67. The number of ether oxygens (including phenoxy) is 1. The first kappa shape index (κ1) is 28.7. The van der Waals surface area contributed by atoms with E-state index in [1.54, 1.807) is 7.11 Å². The van der Waals surface area contributed by atoms with Crippen LogP contribution in [-0.2, 0) is 4.74 Å². The van der Waals surface area contributed by atoms with Gasteiger partial charge in [0.05, 0.1) is 19.5 Å². The molecule has 0 aromatic heterocycles. The van der Waals surface area contributed by atoms with Crippen molar-refractivity contribution in [1.29, 1.82) is 0 Å². The summed E-state index contributed by atoms with van der Waals surface area (Å²) in [6, 6.07) is 0. The monoisotopic (exact) mass is 400 g/mol. The molecule has 3 nitrogen and oxygen atoms in total. The van der Waals surface area contributed by atoms with Crippen LogP contribution in [0.2, 0.25) is 0 Å². The maximum absolute atomic E-state index is 4.72. The fourth-order valence-electron chi connectivity index (χ4n) is 0.357. The summed E-state index contributed by atoms with van der Waals surface area (Å²) in [4.78, 5) is 3.64. The van der Waals surface area contributed by atoms with E-state index in [-0.39, 0.29) is 23.9 Å². The van der Waals surface area contributed by atoms with Crippen molar-refractivity contribution in [2.75, 3.05) is 7.11 Å². The van der Waals surface area contributed by atoms with Gasteiger partial charge in [-0.3, -0.25) is 0 Å². The van der Waals surface area contributed by atoms with Crippen molar-refractivity contribution in [2.24, 2.45) is 4.99 Å². The molecule has 4 heteroatoms. The van der Waals surface area contributed by atoms with Gasteiger partial charge >= 0.3 is 0 Å². The van der Waals surface area contributed by atoms with E-state index in [0.29, 0.717) is 5.88 Å². The van der Waals surface area contributed by atoms with Crippen molar-refractivity contribution in [1.82, 2.24) is 5.32 Å². The van der Waals surface area contributed by atoms with Gasteiger partial charge in [-0.25, -0.2) is 10.3 Å². The third-order valence-corrected chi connectivity index (χ3v) is 1.77. The van der Waals surface area contributed by atoms with Crippen molar-refractivity contribution in [2.45, 2.75) is 59.3 Å². The van der Waals surface area contributed by atoms with Crippen LogP contribution in [0.1, 0.15) is 59.3 Å². The van der Waals surface area contributed by atoms with Crippen molar-refractivity contribution < 1.29 is 4.74 Å². The second-order valence-electron chi connectivity index (χ2n) is 3.75. The number of hydrogen-bond donors (Lipinski definition) is 0. The van der Waals surface area contributed by atoms with Crippen LogP contribution >= 0.6 is 0 Å². The van der Waals surface area contributed by atoms with Gasteiger partial charge in [-0.15, -0.1) is 0 Å². The molecule has 0 unspecified atom stereocenters. The fraction of sp³-hybridized carbons (Fsp3) is 0.588. The molecule has 0 atom stereocenters. The van der Waals surface area contributed by atoms with Gasteiger partial charge in [0.2, 0.25) is 5.88 Å². The Kier molecular flexibility index (Phi) is 43.5. The standard InChI is InChI=1S/C5H5N2O.3C4H9.Sn/c1-8-5-4-6-2-3-7-5;3*1-3-4-2;/h3-4H,1H3;3*1,3-4H2,2H3;. The van der Waals surface area contributed by atoms with Crippen molar-refractivity contribution >= 4 is 29.8 Å². The van der Waals surface area contributed by atoms with E-state index >= 15 is 0 Å². The number of unbranched alkanes of at least 4 members (excludes halogenated alkanes) is 3. The van der Waals surface area contributed by atoms with Crippen molar-refractivity contribution in [3.05, 3.63) is 39.1 Å². The summed E-state index contributed by atoms with van der Waals surface area (Å²) in [5.41, 5.74) is 0. The normalized spacial score (nSPS) is 9.95. The topological polar surface area (TPSA) is 35.7 Å². The number of rotatable bonds is 4. The SMILES string of the molecule is COC1=CN=C=C[N]1.[CH2]CCC.[CH2]CCC.[CH2]CCC.[Sn]. The summed E-state index contributed by atoms with van der Waals surface area (Å²) >= 11 is 0. The van der Waals surface area contributed by atoms with Gasteiger partial charge in [-0.2, -0.15) is 0 Å². The summed E-state index contributed by atoms with van der Waals surface area (Å²) in [7, 11) is 1.55. The molecule has 0 aromatic rings. The quantitative estimate of drug-likeness (QED) is 0.631. The van der Waals surface area contributed by atoms with Crippen LogP contribution < -0.4 is 5.32 Å². The van der Waals surface area contributed by atoms with Gasteiger partial charge in [0.15, 0.2) is 0 Å². The van der Waals surface area contributed by atoms with Crippen LogP contribution in [-0.4, -0.2) is 36.9 Å². The number of aliphatic imine (C=N–C) groups is 1. The predicted octanol–water partition coefficient (Wildman–Crippen LogP) is 4.71. The molecule has 0 spiro atoms. The Labute approximate surface area is 150 Å². The minimum absolute atomic E-state index is 0. The zero-order chi connectivity index (χ0) is 16.1. The van der Waals surface area contributed by atoms with Crippen LogP contribution in [0.15, 0.2) is 23.3 Å². The van der Waals surface area contributed by atoms with Gasteiger partial charge < -0.3 is 4.74 Å². The molecule has 0 aliphatic carbocycles. The fourth-order valence-corrected chi connectivity index (χ4v) is 0.357. The molecule has 1 aliphatic rings. The van der Waals surface area contributed by atoms with Crippen molar-refractivity contribution in [3.63, 3.8) is 0 Å². The molecule has 1 aliphatic heterocycles. The average molecular weight is 399 g/mol. The van der Waals surface area contributed by atoms with E-state index < -0.39 is 0 Å². The van der Waals surface area contributed by atoms with E-state index in [0.717, 1.165) is 19.3 Å². The molecule has 1 rings (SSSR count). The summed E-state index contributed by atoms with van der Waals surface area (Å²) in [6.45, 7) is 17.2. The van der Waals surface area contributed by atoms with Crippen molar-refractivity contribution in [3.8, 4) is 0 Å². The first-order valence-corrected chi connectivity index (χ1v) is 7.27. The van der Waals surface area contributed by atoms with Gasteiger partial charge in [-0.05, 0) is 0 Å². The van der Waals surface area contributed by atoms with E-state index in [1.807, 2.05) is 0 Å². The molecule has 0 bridgehead atoms. The molecule has 0 N–H and O–H groups in total. The van der Waals surface area contributed by atoms with Gasteiger partial charge in [-0.1, -0.05) is 80.1 Å². The van der Waals surface area contributed by atoms with Gasteiger partial charge in [0, 0.05) is 29.8 Å². The van der Waals surface area contributed by atoms with E-state index in [1.165, 1.54) is 31.7 Å². The number of nitrogens with zero attached hydrogens (tertiary/aromatic N) is 2. The van der Waals surface area contributed by atoms with Crippen LogP contribution in [0.25, 0.3) is 0 Å². The minimum atomic E-state index is 0. The first-order valence-electron chi connectivity index (χ1n) is 7.27. The molecular weight excluding hydrogens is 367 g/mol. The smallest absolute Gasteiger partial charge is 0.233 e. The molecular formula is C17H32N2OSn. The summed E-state index contributed by atoms with van der Waals surface area (Å²) in [5.74, 6) is 3.04. The van der Waals surface area contributed by atoms with Crippen LogP contribution in [0.3, 0.4) is 0 Å². The maximum atomic E-state index is 4.72. The maximum Gasteiger partial charge on any atom is 0.233 e. The van der Waals surface area contributed by atoms with E-state index in [9.17, 15) is 0 Å². The molecule has 0 saturated carbocycles. The Morgan fingerprint density at radius 1 is 1.00 bits per heavy atom. The number of hydrogen-bond acceptors (Lipinski definition) is 2. The molecule has 0 amide bonds. The second-order valence-corrected chi connectivity index (χ2v) is 3.75. The summed E-state index contributed by atoms with van der Waals surface area (Å²) in [5, 5.41) is 3.76. The summed E-state index contributed by atoms with van der Waals surface area (Å²) < 4.78 is 4.72. The molecule has 8 radical (unpaired) electrons. The zero-order valence-electron chi connectivity index (χ0n) is 14.3. The molecule has 0 fully saturated rings. The molecule has 120 valence electrons. The molecule has 21 heavy (non-hydrogen) atoms. The summed E-state index contributed by atoms with van der Waals surface area (Å²) in [6.07, 6.45) is 9.79. The Hall–Kier alpha value is -0.411. The Bertz CT molecular complexity index is 232. The third-order valence-electron chi connectivity index (χ3n) is 1.77.